The zero-order valence-corrected chi connectivity index (χ0v) is 22.8. The van der Waals surface area contributed by atoms with Crippen LogP contribution in [0, 0.1) is 6.92 Å². The van der Waals surface area contributed by atoms with E-state index in [2.05, 4.69) is 42.3 Å². The largest absolute Gasteiger partial charge is 0.492 e. The average molecular weight is 553 g/mol. The Bertz CT molecular complexity index is 1660. The Kier molecular flexibility index (Phi) is 7.48. The van der Waals surface area contributed by atoms with Crippen molar-refractivity contribution in [3.8, 4) is 28.4 Å². The van der Waals surface area contributed by atoms with Crippen molar-refractivity contribution in [3.05, 3.63) is 90.8 Å². The zero-order valence-electron chi connectivity index (χ0n) is 22.8. The maximum Gasteiger partial charge on any atom is 0.191 e. The molecule has 12 heteroatoms. The van der Waals surface area contributed by atoms with Crippen LogP contribution in [0.3, 0.4) is 0 Å². The van der Waals surface area contributed by atoms with Gasteiger partial charge in [-0.2, -0.15) is 0 Å². The molecule has 1 aliphatic rings. The number of imidazole rings is 1. The molecule has 0 bridgehead atoms. The molecule has 1 fully saturated rings. The number of hydrogen-bond acceptors (Lipinski definition) is 11. The Hall–Kier alpha value is -4.94. The second kappa shape index (κ2) is 11.7. The number of piperazine rings is 1. The van der Waals surface area contributed by atoms with Gasteiger partial charge in [0.1, 0.15) is 42.1 Å². The van der Waals surface area contributed by atoms with Gasteiger partial charge in [0.25, 0.3) is 0 Å². The summed E-state index contributed by atoms with van der Waals surface area (Å²) in [5.41, 5.74) is 12.0. The molecule has 1 aliphatic heterocycles. The van der Waals surface area contributed by atoms with Crippen LogP contribution in [0.15, 0.2) is 83.8 Å². The number of hydrogen-bond donors (Lipinski definition) is 3. The number of fused-ring (bicyclic) bond motifs is 1. The predicted molar refractivity (Wildman–Crippen MR) is 155 cm³/mol. The molecule has 5 N–H and O–H groups in total. The molecule has 0 aliphatic carbocycles. The summed E-state index contributed by atoms with van der Waals surface area (Å²) in [5.74, 6) is 8.08. The van der Waals surface area contributed by atoms with Gasteiger partial charge in [0.15, 0.2) is 5.89 Å². The smallest absolute Gasteiger partial charge is 0.191 e. The van der Waals surface area contributed by atoms with E-state index in [9.17, 15) is 0 Å². The molecular weight excluding hydrogens is 520 g/mol. The minimum atomic E-state index is 0.551. The summed E-state index contributed by atoms with van der Waals surface area (Å²) in [6.45, 7) is 6.10. The van der Waals surface area contributed by atoms with Gasteiger partial charge in [-0.1, -0.05) is 24.3 Å². The molecule has 0 spiro atoms. The molecular formula is C29H32N10O2. The van der Waals surface area contributed by atoms with E-state index in [1.807, 2.05) is 54.0 Å². The highest BCUT2D eigenvalue weighted by Crippen LogP contribution is 2.24. The van der Waals surface area contributed by atoms with Gasteiger partial charge in [0.2, 0.25) is 0 Å². The van der Waals surface area contributed by atoms with Crippen molar-refractivity contribution in [1.82, 2.24) is 34.2 Å². The quantitative estimate of drug-likeness (QED) is 0.232. The summed E-state index contributed by atoms with van der Waals surface area (Å²) in [4.78, 5) is 20.1. The molecule has 41 heavy (non-hydrogen) atoms. The predicted octanol–water partition coefficient (Wildman–Crippen LogP) is 3.04. The fourth-order valence-electron chi connectivity index (χ4n) is 4.74. The normalized spacial score (nSPS) is 15.1. The van der Waals surface area contributed by atoms with Crippen molar-refractivity contribution in [3.63, 3.8) is 0 Å². The molecule has 0 unspecified atom stereocenters. The molecule has 210 valence electrons. The van der Waals surface area contributed by atoms with Gasteiger partial charge in [-0.25, -0.2) is 25.8 Å². The minimum Gasteiger partial charge on any atom is -0.492 e. The van der Waals surface area contributed by atoms with Crippen LogP contribution in [0.1, 0.15) is 11.5 Å². The molecule has 12 nitrogen and oxygen atoms in total. The Labute approximate surface area is 237 Å². The highest BCUT2D eigenvalue weighted by molar-refractivity contribution is 5.63. The van der Waals surface area contributed by atoms with E-state index in [-0.39, 0.29) is 0 Å². The molecule has 0 atom stereocenters. The van der Waals surface area contributed by atoms with Gasteiger partial charge < -0.3 is 25.2 Å². The maximum atomic E-state index is 6.02. The first-order valence-corrected chi connectivity index (χ1v) is 13.4. The van der Waals surface area contributed by atoms with Crippen molar-refractivity contribution < 1.29 is 9.15 Å². The van der Waals surface area contributed by atoms with Gasteiger partial charge in [-0.05, 0) is 11.6 Å². The number of pyridine rings is 1. The van der Waals surface area contributed by atoms with E-state index in [1.165, 1.54) is 0 Å². The summed E-state index contributed by atoms with van der Waals surface area (Å²) in [5, 5.41) is 5.08. The van der Waals surface area contributed by atoms with E-state index in [4.69, 9.17) is 20.7 Å². The number of benzene rings is 1. The summed E-state index contributed by atoms with van der Waals surface area (Å²) in [7, 11) is 0. The van der Waals surface area contributed by atoms with Gasteiger partial charge >= 0.3 is 0 Å². The highest BCUT2D eigenvalue weighted by atomic mass is 16.5. The number of nitrogens with zero attached hydrogens (tertiary/aromatic N) is 7. The number of aryl methyl sites for hydroxylation is 1. The van der Waals surface area contributed by atoms with E-state index < -0.39 is 0 Å². The Morgan fingerprint density at radius 2 is 1.95 bits per heavy atom. The Morgan fingerprint density at radius 3 is 2.76 bits per heavy atom. The molecule has 5 aromatic rings. The third kappa shape index (κ3) is 5.98. The number of aromatic nitrogens is 5. The first-order valence-electron chi connectivity index (χ1n) is 13.4. The van der Waals surface area contributed by atoms with Crippen molar-refractivity contribution in [2.75, 3.05) is 38.1 Å². The SMILES string of the molecule is Cc1nc(-c2ccc(CNc3cc(-c4cnc5cc(OCCN6CCN(N)/C(=C\N)C6)ccn45)ncn3)cc2)co1. The van der Waals surface area contributed by atoms with E-state index in [0.29, 0.717) is 25.6 Å². The maximum absolute atomic E-state index is 6.02. The molecule has 0 radical (unpaired) electrons. The second-order valence-corrected chi connectivity index (χ2v) is 9.80. The molecule has 1 saturated heterocycles. The molecule has 0 saturated carbocycles. The lowest BCUT2D eigenvalue weighted by Gasteiger charge is -2.34. The monoisotopic (exact) mass is 552 g/mol. The van der Waals surface area contributed by atoms with Gasteiger partial charge in [0, 0.05) is 69.7 Å². The van der Waals surface area contributed by atoms with Gasteiger partial charge in [-0.3, -0.25) is 9.30 Å². The van der Waals surface area contributed by atoms with Crippen LogP contribution < -0.4 is 21.6 Å². The number of hydrazine groups is 1. The van der Waals surface area contributed by atoms with Gasteiger partial charge in [-0.15, -0.1) is 0 Å². The lowest BCUT2D eigenvalue weighted by Crippen LogP contribution is -2.49. The highest BCUT2D eigenvalue weighted by Gasteiger charge is 2.18. The Balaban J connectivity index is 1.07. The topological polar surface area (TPSA) is 149 Å². The summed E-state index contributed by atoms with van der Waals surface area (Å²) in [6.07, 6.45) is 8.54. The molecule has 4 aromatic heterocycles. The molecule has 1 aromatic carbocycles. The van der Waals surface area contributed by atoms with Crippen LogP contribution in [0.2, 0.25) is 0 Å². The summed E-state index contributed by atoms with van der Waals surface area (Å²) in [6, 6.07) is 14.0. The fourth-order valence-corrected chi connectivity index (χ4v) is 4.74. The molecule has 0 amide bonds. The third-order valence-electron chi connectivity index (χ3n) is 7.04. The molecule has 6 rings (SSSR count). The number of rotatable bonds is 9. The minimum absolute atomic E-state index is 0.551. The van der Waals surface area contributed by atoms with Gasteiger partial charge in [0.05, 0.1) is 23.3 Å². The van der Waals surface area contributed by atoms with Crippen LogP contribution in [-0.4, -0.2) is 67.0 Å². The van der Waals surface area contributed by atoms with E-state index >= 15 is 0 Å². The van der Waals surface area contributed by atoms with Crippen LogP contribution in [0.25, 0.3) is 28.3 Å². The van der Waals surface area contributed by atoms with E-state index in [1.54, 1.807) is 23.8 Å². The van der Waals surface area contributed by atoms with Crippen LogP contribution in [0.5, 0.6) is 5.75 Å². The van der Waals surface area contributed by atoms with Crippen LogP contribution >= 0.6 is 0 Å². The van der Waals surface area contributed by atoms with Crippen LogP contribution in [0.4, 0.5) is 5.82 Å². The number of ether oxygens (including phenoxy) is 1. The number of nitrogens with one attached hydrogen (secondary N) is 1. The standard InChI is InChI=1S/C29H32N10O2/c1-20-36-26(18-41-20)22-4-2-21(3-5-22)15-32-28-13-25(34-19-35-28)27-16-33-29-12-24(6-7-38(27)29)40-11-10-37-8-9-39(31)23(14-30)17-37/h2-7,12-14,16,18-19H,8-11,15,17,30-31H2,1H3,(H,32,34,35)/b23-14-. The van der Waals surface area contributed by atoms with Crippen molar-refractivity contribution in [1.29, 1.82) is 0 Å². The summed E-state index contributed by atoms with van der Waals surface area (Å²) >= 11 is 0. The van der Waals surface area contributed by atoms with Crippen molar-refractivity contribution >= 4 is 11.5 Å². The lowest BCUT2D eigenvalue weighted by atomic mass is 10.1. The van der Waals surface area contributed by atoms with Crippen molar-refractivity contribution in [2.24, 2.45) is 11.6 Å². The fraction of sp³-hybridized carbons (Fsp3) is 0.241. The van der Waals surface area contributed by atoms with Crippen molar-refractivity contribution in [2.45, 2.75) is 13.5 Å². The van der Waals surface area contributed by atoms with E-state index in [0.717, 1.165) is 70.8 Å². The number of oxazole rings is 1. The van der Waals surface area contributed by atoms with Crippen LogP contribution in [-0.2, 0) is 6.54 Å². The Morgan fingerprint density at radius 1 is 1.07 bits per heavy atom. The second-order valence-electron chi connectivity index (χ2n) is 9.80. The first-order chi connectivity index (χ1) is 20.1. The zero-order chi connectivity index (χ0) is 28.2. The average Bonchev–Trinajstić information content (AvgIpc) is 3.63. The number of nitrogens with two attached hydrogens (primary N) is 2. The number of anilines is 1. The summed E-state index contributed by atoms with van der Waals surface area (Å²) < 4.78 is 13.3. The third-order valence-corrected chi connectivity index (χ3v) is 7.04. The molecule has 5 heterocycles. The first kappa shape index (κ1) is 26.3. The lowest BCUT2D eigenvalue weighted by molar-refractivity contribution is 0.153.